The number of piperazine rings is 1. The van der Waals surface area contributed by atoms with Crippen molar-refractivity contribution in [3.63, 3.8) is 0 Å². The number of rotatable bonds is 7. The molecule has 0 aliphatic carbocycles. The number of carbonyl (C=O) groups excluding carboxylic acids is 1. The van der Waals surface area contributed by atoms with Crippen LogP contribution in [0.25, 0.3) is 0 Å². The van der Waals surface area contributed by atoms with Crippen LogP contribution in [0.3, 0.4) is 0 Å². The molecule has 2 aromatic heterocycles. The van der Waals surface area contributed by atoms with Crippen LogP contribution in [0, 0.1) is 0 Å². The highest BCUT2D eigenvalue weighted by atomic mass is 32.2. The highest BCUT2D eigenvalue weighted by Crippen LogP contribution is 2.18. The van der Waals surface area contributed by atoms with Gasteiger partial charge < -0.3 is 14.5 Å². The maximum absolute atomic E-state index is 13.1. The van der Waals surface area contributed by atoms with Gasteiger partial charge in [0.1, 0.15) is 6.04 Å². The summed E-state index contributed by atoms with van der Waals surface area (Å²) in [6.07, 6.45) is 10.2. The third-order valence-electron chi connectivity index (χ3n) is 4.54. The number of hydrogen-bond donors (Lipinski definition) is 1. The Morgan fingerprint density at radius 1 is 1.29 bits per heavy atom. The van der Waals surface area contributed by atoms with Crippen LogP contribution < -0.4 is 0 Å². The van der Waals surface area contributed by atoms with E-state index in [1.54, 1.807) is 12.5 Å². The van der Waals surface area contributed by atoms with Crippen molar-refractivity contribution >= 4 is 17.7 Å². The molecule has 1 aliphatic heterocycles. The molecule has 1 fully saturated rings. The minimum Gasteiger partial charge on any atom is -0.348 e. The Balaban J connectivity index is 1.64. The van der Waals surface area contributed by atoms with Crippen LogP contribution in [0.5, 0.6) is 0 Å². The predicted octanol–water partition coefficient (Wildman–Crippen LogP) is 1.50. The first-order valence-electron chi connectivity index (χ1n) is 8.37. The fourth-order valence-corrected chi connectivity index (χ4v) is 3.54. The first-order valence-corrected chi connectivity index (χ1v) is 9.77. The summed E-state index contributed by atoms with van der Waals surface area (Å²) in [5.74, 6) is 1.35. The SMILES string of the molecule is CSCCN1CCN(C(=O)C(Cc2cnc[nH]2)n2cccc2)CC1. The van der Waals surface area contributed by atoms with E-state index in [1.165, 1.54) is 0 Å². The molecule has 130 valence electrons. The molecule has 0 spiro atoms. The number of nitrogens with zero attached hydrogens (tertiary/aromatic N) is 4. The Hall–Kier alpha value is -1.73. The number of H-pyrrole nitrogens is 1. The summed E-state index contributed by atoms with van der Waals surface area (Å²) in [7, 11) is 0. The Bertz CT molecular complexity index is 605. The van der Waals surface area contributed by atoms with Gasteiger partial charge in [-0.25, -0.2) is 4.98 Å². The summed E-state index contributed by atoms with van der Waals surface area (Å²) < 4.78 is 2.00. The molecule has 7 heteroatoms. The Labute approximate surface area is 147 Å². The molecule has 24 heavy (non-hydrogen) atoms. The van der Waals surface area contributed by atoms with Crippen molar-refractivity contribution in [3.05, 3.63) is 42.7 Å². The van der Waals surface area contributed by atoms with Gasteiger partial charge in [0.25, 0.3) is 0 Å². The molecule has 1 saturated heterocycles. The summed E-state index contributed by atoms with van der Waals surface area (Å²) >= 11 is 1.87. The van der Waals surface area contributed by atoms with Crippen LogP contribution in [0.2, 0.25) is 0 Å². The fraction of sp³-hybridized carbons (Fsp3) is 0.529. The molecule has 1 atom stereocenters. The zero-order valence-electron chi connectivity index (χ0n) is 14.1. The van der Waals surface area contributed by atoms with E-state index >= 15 is 0 Å². The number of imidazole rings is 1. The molecular weight excluding hydrogens is 322 g/mol. The molecule has 0 aromatic carbocycles. The lowest BCUT2D eigenvalue weighted by Crippen LogP contribution is -2.51. The summed E-state index contributed by atoms with van der Waals surface area (Å²) in [6, 6.07) is 3.72. The Kier molecular flexibility index (Phi) is 5.98. The first kappa shape index (κ1) is 17.1. The highest BCUT2D eigenvalue weighted by Gasteiger charge is 2.28. The molecule has 1 unspecified atom stereocenters. The van der Waals surface area contributed by atoms with Gasteiger partial charge >= 0.3 is 0 Å². The topological polar surface area (TPSA) is 57.2 Å². The number of aromatic nitrogens is 3. The van der Waals surface area contributed by atoms with Gasteiger partial charge in [0.05, 0.1) is 6.33 Å². The molecule has 6 nitrogen and oxygen atoms in total. The minimum absolute atomic E-state index is 0.199. The standard InChI is InChI=1S/C17H25N5OS/c1-24-11-10-20-6-8-22(9-7-20)17(23)16(21-4-2-3-5-21)12-15-13-18-14-19-15/h2-5,13-14,16H,6-12H2,1H3,(H,18,19). The second kappa shape index (κ2) is 8.39. The number of amides is 1. The largest absolute Gasteiger partial charge is 0.348 e. The second-order valence-corrected chi connectivity index (χ2v) is 7.07. The predicted molar refractivity (Wildman–Crippen MR) is 97.2 cm³/mol. The van der Waals surface area contributed by atoms with Crippen molar-refractivity contribution < 1.29 is 4.79 Å². The second-order valence-electron chi connectivity index (χ2n) is 6.09. The van der Waals surface area contributed by atoms with Crippen LogP contribution in [0.4, 0.5) is 0 Å². The molecule has 3 rings (SSSR count). The average Bonchev–Trinajstić information content (AvgIpc) is 3.31. The number of nitrogens with one attached hydrogen (secondary N) is 1. The van der Waals surface area contributed by atoms with E-state index in [-0.39, 0.29) is 11.9 Å². The van der Waals surface area contributed by atoms with Gasteiger partial charge in [-0.1, -0.05) is 0 Å². The van der Waals surface area contributed by atoms with Crippen molar-refractivity contribution in [1.82, 2.24) is 24.3 Å². The zero-order chi connectivity index (χ0) is 16.8. The molecule has 0 radical (unpaired) electrons. The van der Waals surface area contributed by atoms with Crippen molar-refractivity contribution in [2.75, 3.05) is 44.7 Å². The van der Waals surface area contributed by atoms with Gasteiger partial charge in [-0.3, -0.25) is 9.69 Å². The van der Waals surface area contributed by atoms with Gasteiger partial charge in [0, 0.05) is 69.2 Å². The summed E-state index contributed by atoms with van der Waals surface area (Å²) in [5, 5.41) is 0. The van der Waals surface area contributed by atoms with Crippen LogP contribution >= 0.6 is 11.8 Å². The van der Waals surface area contributed by atoms with E-state index in [2.05, 4.69) is 21.1 Å². The highest BCUT2D eigenvalue weighted by molar-refractivity contribution is 7.98. The van der Waals surface area contributed by atoms with Crippen molar-refractivity contribution in [2.24, 2.45) is 0 Å². The molecule has 1 N–H and O–H groups in total. The van der Waals surface area contributed by atoms with Crippen LogP contribution in [0.15, 0.2) is 37.1 Å². The molecule has 1 amide bonds. The summed E-state index contributed by atoms with van der Waals surface area (Å²) in [5.41, 5.74) is 0.987. The third kappa shape index (κ3) is 4.21. The van der Waals surface area contributed by atoms with E-state index in [0.29, 0.717) is 6.42 Å². The van der Waals surface area contributed by atoms with Gasteiger partial charge in [-0.2, -0.15) is 11.8 Å². The van der Waals surface area contributed by atoms with E-state index in [4.69, 9.17) is 0 Å². The van der Waals surface area contributed by atoms with E-state index in [9.17, 15) is 4.79 Å². The first-order chi connectivity index (χ1) is 11.8. The van der Waals surface area contributed by atoms with Crippen LogP contribution in [-0.4, -0.2) is 75.0 Å². The lowest BCUT2D eigenvalue weighted by molar-refractivity contribution is -0.136. The monoisotopic (exact) mass is 347 g/mol. The lowest BCUT2D eigenvalue weighted by Gasteiger charge is -2.36. The number of thioether (sulfide) groups is 1. The maximum Gasteiger partial charge on any atom is 0.246 e. The Morgan fingerprint density at radius 3 is 2.67 bits per heavy atom. The smallest absolute Gasteiger partial charge is 0.246 e. The van der Waals surface area contributed by atoms with E-state index < -0.39 is 0 Å². The molecule has 0 saturated carbocycles. The lowest BCUT2D eigenvalue weighted by atomic mass is 10.1. The number of aromatic amines is 1. The Morgan fingerprint density at radius 2 is 2.04 bits per heavy atom. The van der Waals surface area contributed by atoms with Gasteiger partial charge in [0.15, 0.2) is 0 Å². The van der Waals surface area contributed by atoms with Crippen molar-refractivity contribution in [2.45, 2.75) is 12.5 Å². The normalized spacial score (nSPS) is 17.1. The van der Waals surface area contributed by atoms with E-state index in [1.807, 2.05) is 45.8 Å². The quantitative estimate of drug-likeness (QED) is 0.825. The van der Waals surface area contributed by atoms with Crippen LogP contribution in [0.1, 0.15) is 11.7 Å². The molecule has 1 aliphatic rings. The average molecular weight is 347 g/mol. The van der Waals surface area contributed by atoms with Crippen molar-refractivity contribution in [1.29, 1.82) is 0 Å². The molecule has 3 heterocycles. The number of hydrogen-bond acceptors (Lipinski definition) is 4. The van der Waals surface area contributed by atoms with Crippen molar-refractivity contribution in [3.8, 4) is 0 Å². The number of carbonyl (C=O) groups is 1. The summed E-state index contributed by atoms with van der Waals surface area (Å²) in [4.78, 5) is 24.7. The maximum atomic E-state index is 13.1. The molecular formula is C17H25N5OS. The molecule has 2 aromatic rings. The summed E-state index contributed by atoms with van der Waals surface area (Å²) in [6.45, 7) is 4.67. The molecule has 0 bridgehead atoms. The van der Waals surface area contributed by atoms with Gasteiger partial charge in [-0.05, 0) is 18.4 Å². The minimum atomic E-state index is -0.210. The van der Waals surface area contributed by atoms with E-state index in [0.717, 1.165) is 44.2 Å². The third-order valence-corrected chi connectivity index (χ3v) is 5.13. The van der Waals surface area contributed by atoms with Gasteiger partial charge in [0.2, 0.25) is 5.91 Å². The fourth-order valence-electron chi connectivity index (χ4n) is 3.10. The van der Waals surface area contributed by atoms with Crippen LogP contribution in [-0.2, 0) is 11.2 Å². The van der Waals surface area contributed by atoms with Gasteiger partial charge in [-0.15, -0.1) is 0 Å². The zero-order valence-corrected chi connectivity index (χ0v) is 14.9.